The number of aliphatic hydroxyl groups is 1. The van der Waals surface area contributed by atoms with Gasteiger partial charge in [0.25, 0.3) is 0 Å². The number of aromatic nitrogens is 2. The van der Waals surface area contributed by atoms with Crippen LogP contribution in [-0.4, -0.2) is 33.8 Å². The van der Waals surface area contributed by atoms with Gasteiger partial charge >= 0.3 is 0 Å². The first-order valence-electron chi connectivity index (χ1n) is 11.1. The average molecular weight is 451 g/mol. The number of aliphatic hydroxyl groups excluding tert-OH is 1. The van der Waals surface area contributed by atoms with Crippen LogP contribution in [0.15, 0.2) is 53.5 Å². The summed E-state index contributed by atoms with van der Waals surface area (Å²) in [4.78, 5) is 9.58. The molecule has 0 radical (unpaired) electrons. The molecule has 3 aromatic rings. The fourth-order valence-corrected chi connectivity index (χ4v) is 4.34. The molecular weight excluding hydrogens is 423 g/mol. The van der Waals surface area contributed by atoms with Gasteiger partial charge in [-0.15, -0.1) is 0 Å². The molecule has 1 aliphatic heterocycles. The molecular formula is C24H27FN6O2. The lowest BCUT2D eigenvalue weighted by atomic mass is 9.93. The maximum Gasteiger partial charge on any atom is 0.209 e. The van der Waals surface area contributed by atoms with Crippen molar-refractivity contribution >= 4 is 29.1 Å². The van der Waals surface area contributed by atoms with Crippen molar-refractivity contribution in [1.82, 2.24) is 14.9 Å². The number of guanidine groups is 1. The molecule has 2 aromatic carbocycles. The maximum absolute atomic E-state index is 14.4. The number of fused-ring (bicyclic) bond motifs is 1. The summed E-state index contributed by atoms with van der Waals surface area (Å²) < 4.78 is 21.6. The van der Waals surface area contributed by atoms with Gasteiger partial charge in [-0.05, 0) is 62.1 Å². The molecule has 5 rings (SSSR count). The summed E-state index contributed by atoms with van der Waals surface area (Å²) in [6.45, 7) is 0.492. The number of ether oxygens (including phenoxy) is 1. The van der Waals surface area contributed by atoms with E-state index in [4.69, 9.17) is 14.7 Å². The van der Waals surface area contributed by atoms with E-state index in [2.05, 4.69) is 20.5 Å². The fourth-order valence-electron chi connectivity index (χ4n) is 4.34. The minimum atomic E-state index is -0.340. The van der Waals surface area contributed by atoms with Gasteiger partial charge in [0.15, 0.2) is 5.82 Å². The highest BCUT2D eigenvalue weighted by Gasteiger charge is 2.29. The Balaban J connectivity index is 1.48. The summed E-state index contributed by atoms with van der Waals surface area (Å²) in [5, 5.41) is 19.7. The number of nitrogens with one attached hydrogen (secondary N) is 3. The van der Waals surface area contributed by atoms with Crippen molar-refractivity contribution in [1.29, 1.82) is 0 Å². The number of rotatable bonds is 5. The zero-order valence-electron chi connectivity index (χ0n) is 18.4. The van der Waals surface area contributed by atoms with E-state index >= 15 is 0 Å². The molecule has 172 valence electrons. The minimum absolute atomic E-state index is 0.114. The number of anilines is 3. The average Bonchev–Trinajstić information content (AvgIpc) is 3.19. The number of benzene rings is 2. The number of para-hydroxylation sites is 1. The number of aliphatic imine (C=N–C) groups is 1. The highest BCUT2D eigenvalue weighted by atomic mass is 19.1. The molecule has 1 fully saturated rings. The summed E-state index contributed by atoms with van der Waals surface area (Å²) >= 11 is 0. The molecule has 0 saturated heterocycles. The lowest BCUT2D eigenvalue weighted by Crippen LogP contribution is -2.33. The highest BCUT2D eigenvalue weighted by Crippen LogP contribution is 2.39. The number of imidazole rings is 1. The van der Waals surface area contributed by atoms with Crippen LogP contribution in [0.3, 0.4) is 0 Å². The number of halogens is 1. The normalized spacial score (nSPS) is 19.8. The van der Waals surface area contributed by atoms with Crippen LogP contribution in [0, 0.1) is 5.82 Å². The Morgan fingerprint density at radius 1 is 1.06 bits per heavy atom. The molecule has 33 heavy (non-hydrogen) atoms. The van der Waals surface area contributed by atoms with E-state index in [1.807, 2.05) is 24.3 Å². The maximum atomic E-state index is 14.4. The molecule has 0 spiro atoms. The Kier molecular flexibility index (Phi) is 5.87. The number of hydrogen-bond donors (Lipinski definition) is 4. The predicted octanol–water partition coefficient (Wildman–Crippen LogP) is 4.45. The van der Waals surface area contributed by atoms with Gasteiger partial charge in [-0.1, -0.05) is 12.1 Å². The molecule has 1 saturated carbocycles. The topological polar surface area (TPSA) is 95.7 Å². The van der Waals surface area contributed by atoms with Crippen LogP contribution < -0.4 is 20.7 Å². The molecule has 2 aliphatic rings. The molecule has 0 atom stereocenters. The van der Waals surface area contributed by atoms with E-state index < -0.39 is 0 Å². The molecule has 1 aromatic heterocycles. The van der Waals surface area contributed by atoms with Gasteiger partial charge in [-0.2, -0.15) is 4.99 Å². The zero-order valence-corrected chi connectivity index (χ0v) is 18.4. The second kappa shape index (κ2) is 9.11. The van der Waals surface area contributed by atoms with E-state index in [0.717, 1.165) is 48.6 Å². The second-order valence-electron chi connectivity index (χ2n) is 8.31. The summed E-state index contributed by atoms with van der Waals surface area (Å²) in [6.07, 6.45) is 2.77. The van der Waals surface area contributed by atoms with Crippen LogP contribution in [0.25, 0.3) is 0 Å². The Morgan fingerprint density at radius 2 is 1.82 bits per heavy atom. The van der Waals surface area contributed by atoms with Crippen LogP contribution >= 0.6 is 0 Å². The molecule has 1 aliphatic carbocycles. The fraction of sp³-hybridized carbons (Fsp3) is 0.333. The molecule has 8 nitrogen and oxygen atoms in total. The van der Waals surface area contributed by atoms with Crippen molar-refractivity contribution in [2.75, 3.05) is 17.7 Å². The van der Waals surface area contributed by atoms with Crippen LogP contribution in [0.4, 0.5) is 27.5 Å². The third-order valence-electron chi connectivity index (χ3n) is 6.10. The smallest absolute Gasteiger partial charge is 0.209 e. The van der Waals surface area contributed by atoms with Gasteiger partial charge in [0.05, 0.1) is 25.4 Å². The summed E-state index contributed by atoms with van der Waals surface area (Å²) in [6, 6.07) is 14.3. The Bertz CT molecular complexity index is 1150. The van der Waals surface area contributed by atoms with Crippen molar-refractivity contribution in [2.45, 2.75) is 44.4 Å². The lowest BCUT2D eigenvalue weighted by molar-refractivity contribution is 0.111. The third-order valence-corrected chi connectivity index (χ3v) is 6.10. The summed E-state index contributed by atoms with van der Waals surface area (Å²) in [5.41, 5.74) is 2.03. The number of nitrogens with zero attached hydrogens (tertiary/aromatic N) is 3. The van der Waals surface area contributed by atoms with Gasteiger partial charge in [0, 0.05) is 11.7 Å². The highest BCUT2D eigenvalue weighted by molar-refractivity contribution is 5.96. The molecule has 0 bridgehead atoms. The third kappa shape index (κ3) is 4.49. The van der Waals surface area contributed by atoms with Crippen molar-refractivity contribution in [3.8, 4) is 5.75 Å². The molecule has 0 unspecified atom stereocenters. The predicted molar refractivity (Wildman–Crippen MR) is 126 cm³/mol. The molecule has 0 amide bonds. The van der Waals surface area contributed by atoms with Crippen LogP contribution in [0.5, 0.6) is 5.75 Å². The number of hydrogen-bond acceptors (Lipinski definition) is 7. The van der Waals surface area contributed by atoms with Crippen molar-refractivity contribution in [2.24, 2.45) is 4.99 Å². The molecule has 4 N–H and O–H groups in total. The first-order chi connectivity index (χ1) is 16.1. The van der Waals surface area contributed by atoms with E-state index in [1.54, 1.807) is 25.3 Å². The van der Waals surface area contributed by atoms with Gasteiger partial charge in [-0.25, -0.2) is 9.37 Å². The lowest BCUT2D eigenvalue weighted by Gasteiger charge is -2.29. The number of methoxy groups -OCH3 is 1. The Hall–Kier alpha value is -3.59. The van der Waals surface area contributed by atoms with Gasteiger partial charge in [0.2, 0.25) is 11.9 Å². The van der Waals surface area contributed by atoms with Gasteiger partial charge in [-0.3, -0.25) is 4.57 Å². The first kappa shape index (κ1) is 21.3. The van der Waals surface area contributed by atoms with Crippen LogP contribution in [0.1, 0.15) is 37.4 Å². The van der Waals surface area contributed by atoms with Crippen molar-refractivity contribution in [3.05, 3.63) is 60.0 Å². The van der Waals surface area contributed by atoms with E-state index in [0.29, 0.717) is 24.1 Å². The minimum Gasteiger partial charge on any atom is -0.497 e. The van der Waals surface area contributed by atoms with E-state index in [1.165, 1.54) is 6.07 Å². The van der Waals surface area contributed by atoms with Crippen molar-refractivity contribution in [3.63, 3.8) is 0 Å². The quantitative estimate of drug-likeness (QED) is 0.459. The van der Waals surface area contributed by atoms with Crippen molar-refractivity contribution < 1.29 is 14.2 Å². The van der Waals surface area contributed by atoms with E-state index in [9.17, 15) is 9.50 Å². The Labute approximate surface area is 191 Å². The van der Waals surface area contributed by atoms with Gasteiger partial charge in [0.1, 0.15) is 17.3 Å². The van der Waals surface area contributed by atoms with E-state index in [-0.39, 0.29) is 18.0 Å². The standard InChI is InChI=1S/C24H27FN6O2/c1-33-18-12-6-15(7-13-18)27-23-26-14-21-22(30-23)31(16-8-10-17(32)11-9-16)24(29-21)28-20-5-3-2-4-19(20)25/h2-7,12-13,16-17,32H,8-11,14H2,1H3,(H,28,29)(H2,26,27,30)/t16-,17+. The largest absolute Gasteiger partial charge is 0.497 e. The first-order valence-corrected chi connectivity index (χ1v) is 11.1. The molecule has 9 heteroatoms. The molecule has 2 heterocycles. The zero-order chi connectivity index (χ0) is 22.8. The van der Waals surface area contributed by atoms with Crippen LogP contribution in [0.2, 0.25) is 0 Å². The van der Waals surface area contributed by atoms with Gasteiger partial charge < -0.3 is 25.8 Å². The second-order valence-corrected chi connectivity index (χ2v) is 8.31. The SMILES string of the molecule is COc1ccc(NC2=Nc3c(nc(Nc4ccccc4F)n3[C@H]3CC[C@@H](O)CC3)CN2)cc1. The Morgan fingerprint density at radius 3 is 2.55 bits per heavy atom. The summed E-state index contributed by atoms with van der Waals surface area (Å²) in [5.74, 6) is 2.35. The monoisotopic (exact) mass is 450 g/mol. The summed E-state index contributed by atoms with van der Waals surface area (Å²) in [7, 11) is 1.63. The van der Waals surface area contributed by atoms with Crippen LogP contribution in [-0.2, 0) is 6.54 Å².